The van der Waals surface area contributed by atoms with Crippen LogP contribution < -0.4 is 0 Å². The summed E-state index contributed by atoms with van der Waals surface area (Å²) in [6.45, 7) is 0. The van der Waals surface area contributed by atoms with Gasteiger partial charge in [0.15, 0.2) is 4.32 Å². The highest BCUT2D eigenvalue weighted by atomic mass is 79.9. The van der Waals surface area contributed by atoms with Crippen molar-refractivity contribution in [3.63, 3.8) is 0 Å². The van der Waals surface area contributed by atoms with Crippen LogP contribution >= 0.6 is 15.9 Å². The SMILES string of the molecule is O=CC1(Br)Cc2c(C(=O)O)ccn2C1=O. The first kappa shape index (κ1) is 10.1. The number of rotatable bonds is 2. The summed E-state index contributed by atoms with van der Waals surface area (Å²) < 4.78 is -0.0968. The number of carboxylic acids is 1. The van der Waals surface area contributed by atoms with E-state index in [0.29, 0.717) is 12.0 Å². The van der Waals surface area contributed by atoms with Gasteiger partial charge in [0.1, 0.15) is 6.29 Å². The lowest BCUT2D eigenvalue weighted by atomic mass is 10.1. The summed E-state index contributed by atoms with van der Waals surface area (Å²) in [7, 11) is 0. The van der Waals surface area contributed by atoms with Crippen LogP contribution in [0.25, 0.3) is 0 Å². The monoisotopic (exact) mass is 271 g/mol. The summed E-state index contributed by atoms with van der Waals surface area (Å²) in [5.41, 5.74) is 0.419. The standard InChI is InChI=1S/C9H6BrNO4/c10-9(4-12)3-6-5(7(13)14)1-2-11(6)8(9)15/h1-2,4H,3H2,(H,13,14). The summed E-state index contributed by atoms with van der Waals surface area (Å²) in [6.07, 6.45) is 1.94. The van der Waals surface area contributed by atoms with Crippen molar-refractivity contribution >= 4 is 34.1 Å². The van der Waals surface area contributed by atoms with Crippen LogP contribution in [0.15, 0.2) is 12.3 Å². The molecule has 1 aliphatic heterocycles. The molecule has 0 aliphatic carbocycles. The van der Waals surface area contributed by atoms with Gasteiger partial charge in [-0.15, -0.1) is 0 Å². The van der Waals surface area contributed by atoms with Crippen LogP contribution in [0, 0.1) is 0 Å². The topological polar surface area (TPSA) is 76.4 Å². The van der Waals surface area contributed by atoms with Crippen molar-refractivity contribution in [2.75, 3.05) is 0 Å². The zero-order valence-corrected chi connectivity index (χ0v) is 9.02. The van der Waals surface area contributed by atoms with Crippen molar-refractivity contribution in [3.05, 3.63) is 23.5 Å². The highest BCUT2D eigenvalue weighted by Crippen LogP contribution is 2.33. The second kappa shape index (κ2) is 3.03. The third kappa shape index (κ3) is 1.25. The van der Waals surface area contributed by atoms with Crippen molar-refractivity contribution in [2.45, 2.75) is 10.7 Å². The zero-order valence-electron chi connectivity index (χ0n) is 7.44. The zero-order chi connectivity index (χ0) is 11.2. The first-order valence-corrected chi connectivity index (χ1v) is 4.92. The Bertz CT molecular complexity index is 478. The van der Waals surface area contributed by atoms with Gasteiger partial charge in [-0.2, -0.15) is 0 Å². The van der Waals surface area contributed by atoms with Crippen LogP contribution in [-0.2, 0) is 11.2 Å². The first-order chi connectivity index (χ1) is 6.99. The third-order valence-electron chi connectivity index (χ3n) is 2.41. The Morgan fingerprint density at radius 1 is 1.67 bits per heavy atom. The molecule has 1 aromatic heterocycles. The van der Waals surface area contributed by atoms with Crippen molar-refractivity contribution < 1.29 is 19.5 Å². The van der Waals surface area contributed by atoms with E-state index >= 15 is 0 Å². The van der Waals surface area contributed by atoms with Crippen LogP contribution in [0.3, 0.4) is 0 Å². The van der Waals surface area contributed by atoms with Crippen molar-refractivity contribution in [3.8, 4) is 0 Å². The molecule has 15 heavy (non-hydrogen) atoms. The molecule has 1 aromatic rings. The Hall–Kier alpha value is -1.43. The molecular formula is C9H6BrNO4. The molecule has 0 radical (unpaired) electrons. The van der Waals surface area contributed by atoms with E-state index in [1.54, 1.807) is 0 Å². The lowest BCUT2D eigenvalue weighted by molar-refractivity contribution is -0.108. The van der Waals surface area contributed by atoms with E-state index in [1.165, 1.54) is 16.8 Å². The minimum Gasteiger partial charge on any atom is -0.478 e. The highest BCUT2D eigenvalue weighted by Gasteiger charge is 2.45. The van der Waals surface area contributed by atoms with E-state index in [9.17, 15) is 14.4 Å². The molecule has 2 heterocycles. The predicted octanol–water partition coefficient (Wildman–Crippen LogP) is 0.715. The van der Waals surface area contributed by atoms with Crippen LogP contribution in [0.2, 0.25) is 0 Å². The number of fused-ring (bicyclic) bond motifs is 1. The van der Waals surface area contributed by atoms with Crippen LogP contribution in [0.1, 0.15) is 20.8 Å². The van der Waals surface area contributed by atoms with Gasteiger partial charge in [-0.1, -0.05) is 15.9 Å². The van der Waals surface area contributed by atoms with Gasteiger partial charge in [-0.05, 0) is 6.07 Å². The number of hydrogen-bond acceptors (Lipinski definition) is 3. The summed E-state index contributed by atoms with van der Waals surface area (Å²) in [5, 5.41) is 8.84. The Balaban J connectivity index is 2.56. The number of aromatic nitrogens is 1. The number of hydrogen-bond donors (Lipinski definition) is 1. The molecule has 0 spiro atoms. The molecule has 2 rings (SSSR count). The van der Waals surface area contributed by atoms with E-state index in [0.717, 1.165) is 0 Å². The Morgan fingerprint density at radius 3 is 2.87 bits per heavy atom. The molecule has 0 fully saturated rings. The largest absolute Gasteiger partial charge is 0.478 e. The number of nitrogens with zero attached hydrogens (tertiary/aromatic N) is 1. The second-order valence-corrected chi connectivity index (χ2v) is 4.73. The summed E-state index contributed by atoms with van der Waals surface area (Å²) in [6, 6.07) is 1.35. The lowest BCUT2D eigenvalue weighted by Gasteiger charge is -2.08. The van der Waals surface area contributed by atoms with Crippen LogP contribution in [0.5, 0.6) is 0 Å². The number of halogens is 1. The number of carbonyl (C=O) groups excluding carboxylic acids is 2. The Kier molecular flexibility index (Phi) is 2.04. The maximum absolute atomic E-state index is 11.7. The average Bonchev–Trinajstić information content (AvgIpc) is 2.68. The minimum absolute atomic E-state index is 0.0616. The van der Waals surface area contributed by atoms with Crippen molar-refractivity contribution in [1.29, 1.82) is 0 Å². The van der Waals surface area contributed by atoms with E-state index in [4.69, 9.17) is 5.11 Å². The predicted molar refractivity (Wildman–Crippen MR) is 53.4 cm³/mol. The molecule has 78 valence electrons. The van der Waals surface area contributed by atoms with Crippen LogP contribution in [0.4, 0.5) is 0 Å². The number of aromatic carboxylic acids is 1. The van der Waals surface area contributed by atoms with Gasteiger partial charge < -0.3 is 9.90 Å². The quantitative estimate of drug-likeness (QED) is 0.489. The summed E-state index contributed by atoms with van der Waals surface area (Å²) >= 11 is 3.02. The normalized spacial score (nSPS) is 23.9. The highest BCUT2D eigenvalue weighted by molar-refractivity contribution is 9.10. The Labute approximate surface area is 92.8 Å². The summed E-state index contributed by atoms with van der Waals surface area (Å²) in [4.78, 5) is 33.2. The molecule has 0 saturated carbocycles. The van der Waals surface area contributed by atoms with Gasteiger partial charge in [-0.25, -0.2) is 4.79 Å². The molecule has 6 heteroatoms. The fourth-order valence-corrected chi connectivity index (χ4v) is 2.10. The average molecular weight is 272 g/mol. The number of alkyl halides is 1. The van der Waals surface area contributed by atoms with Gasteiger partial charge in [0, 0.05) is 18.3 Å². The van der Waals surface area contributed by atoms with Crippen LogP contribution in [-0.4, -0.2) is 32.2 Å². The number of carbonyl (C=O) groups is 3. The smallest absolute Gasteiger partial charge is 0.337 e. The fourth-order valence-electron chi connectivity index (χ4n) is 1.64. The maximum Gasteiger partial charge on any atom is 0.337 e. The first-order valence-electron chi connectivity index (χ1n) is 4.13. The summed E-state index contributed by atoms with van der Waals surface area (Å²) in [5.74, 6) is -1.54. The second-order valence-electron chi connectivity index (χ2n) is 3.31. The molecule has 1 N–H and O–H groups in total. The maximum atomic E-state index is 11.7. The molecule has 1 aliphatic rings. The van der Waals surface area contributed by atoms with Gasteiger partial charge in [-0.3, -0.25) is 9.36 Å². The molecule has 0 bridgehead atoms. The third-order valence-corrected chi connectivity index (χ3v) is 3.21. The number of carboxylic acid groups (broad SMARTS) is 1. The van der Waals surface area contributed by atoms with E-state index in [1.807, 2.05) is 0 Å². The van der Waals surface area contributed by atoms with E-state index in [2.05, 4.69) is 15.9 Å². The number of aldehydes is 1. The van der Waals surface area contributed by atoms with Gasteiger partial charge in [0.05, 0.1) is 5.56 Å². The molecule has 5 nitrogen and oxygen atoms in total. The molecule has 0 aromatic carbocycles. The van der Waals surface area contributed by atoms with Gasteiger partial charge in [0.2, 0.25) is 0 Å². The molecule has 1 atom stereocenters. The lowest BCUT2D eigenvalue weighted by Crippen LogP contribution is -2.32. The fraction of sp³-hybridized carbons (Fsp3) is 0.222. The van der Waals surface area contributed by atoms with E-state index < -0.39 is 16.2 Å². The van der Waals surface area contributed by atoms with Gasteiger partial charge >= 0.3 is 5.97 Å². The minimum atomic E-state index is -1.30. The van der Waals surface area contributed by atoms with Crippen molar-refractivity contribution in [2.24, 2.45) is 0 Å². The molecular weight excluding hydrogens is 266 g/mol. The van der Waals surface area contributed by atoms with Gasteiger partial charge in [0.25, 0.3) is 5.91 Å². The molecule has 0 amide bonds. The van der Waals surface area contributed by atoms with Crippen molar-refractivity contribution in [1.82, 2.24) is 4.57 Å². The molecule has 0 saturated heterocycles. The Morgan fingerprint density at radius 2 is 2.33 bits per heavy atom. The van der Waals surface area contributed by atoms with E-state index in [-0.39, 0.29) is 12.0 Å². The molecule has 1 unspecified atom stereocenters.